The second-order valence-corrected chi connectivity index (χ2v) is 4.00. The van der Waals surface area contributed by atoms with E-state index in [1.54, 1.807) is 17.0 Å². The number of likely N-dealkylation sites (N-methyl/N-ethyl adjacent to an activating group) is 1. The molecule has 0 fully saturated rings. The molecule has 1 aromatic heterocycles. The minimum absolute atomic E-state index is 0.0388. The van der Waals surface area contributed by atoms with Crippen LogP contribution in [-0.2, 0) is 6.54 Å². The molecule has 5 nitrogen and oxygen atoms in total. The molecule has 0 aliphatic carbocycles. The summed E-state index contributed by atoms with van der Waals surface area (Å²) in [6, 6.07) is 0. The van der Waals surface area contributed by atoms with Crippen molar-refractivity contribution < 1.29 is 0 Å². The Morgan fingerprint density at radius 2 is 2.25 bits per heavy atom. The number of nitrogens with zero attached hydrogens (tertiary/aromatic N) is 3. The molecule has 0 saturated heterocycles. The molecule has 90 valence electrons. The fourth-order valence-electron chi connectivity index (χ4n) is 1.38. The molecule has 0 aliphatic heterocycles. The van der Waals surface area contributed by atoms with Crippen LogP contribution in [-0.4, -0.2) is 41.6 Å². The van der Waals surface area contributed by atoms with Crippen molar-refractivity contribution in [3.05, 3.63) is 22.7 Å². The first kappa shape index (κ1) is 12.7. The topological polar surface area (TPSA) is 50.2 Å². The number of rotatable bonds is 6. The van der Waals surface area contributed by atoms with Crippen LogP contribution >= 0.6 is 0 Å². The fraction of sp³-hybridized carbons (Fsp3) is 0.636. The number of nitrogens with one attached hydrogen (secondary N) is 1. The molecule has 0 amide bonds. The molecule has 0 bridgehead atoms. The number of hydrogen-bond donors (Lipinski definition) is 1. The van der Waals surface area contributed by atoms with Crippen LogP contribution in [0.2, 0.25) is 0 Å². The fourth-order valence-corrected chi connectivity index (χ4v) is 1.38. The van der Waals surface area contributed by atoms with E-state index in [1.807, 2.05) is 21.0 Å². The number of hydrogen-bond acceptors (Lipinski definition) is 4. The van der Waals surface area contributed by atoms with E-state index in [9.17, 15) is 4.79 Å². The lowest BCUT2D eigenvalue weighted by Gasteiger charge is -2.11. The van der Waals surface area contributed by atoms with Gasteiger partial charge in [-0.1, -0.05) is 6.92 Å². The average molecular weight is 224 g/mol. The SMILES string of the molecule is CCCn1ccnc(NCCN(C)C)c1=O. The van der Waals surface area contributed by atoms with Gasteiger partial charge in [0.25, 0.3) is 5.56 Å². The lowest BCUT2D eigenvalue weighted by molar-refractivity contribution is 0.425. The van der Waals surface area contributed by atoms with Crippen LogP contribution in [0.25, 0.3) is 0 Å². The lowest BCUT2D eigenvalue weighted by Crippen LogP contribution is -2.27. The van der Waals surface area contributed by atoms with Gasteiger partial charge < -0.3 is 14.8 Å². The van der Waals surface area contributed by atoms with E-state index in [0.717, 1.165) is 26.1 Å². The zero-order valence-corrected chi connectivity index (χ0v) is 10.2. The maximum absolute atomic E-state index is 11.9. The van der Waals surface area contributed by atoms with Gasteiger partial charge in [-0.2, -0.15) is 0 Å². The Balaban J connectivity index is 2.66. The average Bonchev–Trinajstić information content (AvgIpc) is 2.23. The number of aromatic nitrogens is 2. The summed E-state index contributed by atoms with van der Waals surface area (Å²) in [6.07, 6.45) is 4.33. The Labute approximate surface area is 96.1 Å². The van der Waals surface area contributed by atoms with E-state index in [0.29, 0.717) is 5.82 Å². The summed E-state index contributed by atoms with van der Waals surface area (Å²) in [5.41, 5.74) is -0.0388. The number of anilines is 1. The zero-order valence-electron chi connectivity index (χ0n) is 10.2. The van der Waals surface area contributed by atoms with Crippen molar-refractivity contribution in [2.45, 2.75) is 19.9 Å². The standard InChI is InChI=1S/C11H20N4O/c1-4-7-15-9-6-13-10(11(15)16)12-5-8-14(2)3/h6,9H,4-5,7-8H2,1-3H3,(H,12,13). The first-order valence-electron chi connectivity index (χ1n) is 5.59. The first-order chi connectivity index (χ1) is 7.65. The predicted molar refractivity (Wildman–Crippen MR) is 65.8 cm³/mol. The summed E-state index contributed by atoms with van der Waals surface area (Å²) in [5, 5.41) is 3.06. The maximum Gasteiger partial charge on any atom is 0.293 e. The van der Waals surface area contributed by atoms with Gasteiger partial charge >= 0.3 is 0 Å². The van der Waals surface area contributed by atoms with E-state index >= 15 is 0 Å². The Hall–Kier alpha value is -1.36. The normalized spacial score (nSPS) is 10.8. The Bertz CT molecular complexity index is 372. The van der Waals surface area contributed by atoms with E-state index in [1.165, 1.54) is 0 Å². The Morgan fingerprint density at radius 3 is 2.88 bits per heavy atom. The highest BCUT2D eigenvalue weighted by Crippen LogP contribution is 1.93. The summed E-state index contributed by atoms with van der Waals surface area (Å²) in [6.45, 7) is 4.39. The molecule has 1 heterocycles. The van der Waals surface area contributed by atoms with Crippen molar-refractivity contribution in [3.63, 3.8) is 0 Å². The largest absolute Gasteiger partial charge is 0.364 e. The molecule has 1 N–H and O–H groups in total. The van der Waals surface area contributed by atoms with Crippen LogP contribution in [0, 0.1) is 0 Å². The summed E-state index contributed by atoms with van der Waals surface area (Å²) < 4.78 is 1.69. The Morgan fingerprint density at radius 1 is 1.50 bits per heavy atom. The third kappa shape index (κ3) is 3.66. The molecule has 0 radical (unpaired) electrons. The van der Waals surface area contributed by atoms with Gasteiger partial charge in [0, 0.05) is 32.0 Å². The highest BCUT2D eigenvalue weighted by molar-refractivity contribution is 5.30. The predicted octanol–water partition coefficient (Wildman–Crippen LogP) is 0.627. The molecule has 1 aromatic rings. The summed E-state index contributed by atoms with van der Waals surface area (Å²) in [7, 11) is 3.99. The van der Waals surface area contributed by atoms with E-state index in [-0.39, 0.29) is 5.56 Å². The lowest BCUT2D eigenvalue weighted by atomic mass is 10.4. The maximum atomic E-state index is 11.9. The molecule has 0 atom stereocenters. The van der Waals surface area contributed by atoms with Crippen molar-refractivity contribution in [3.8, 4) is 0 Å². The minimum Gasteiger partial charge on any atom is -0.364 e. The molecule has 0 spiro atoms. The van der Waals surface area contributed by atoms with Crippen LogP contribution in [0.5, 0.6) is 0 Å². The third-order valence-corrected chi connectivity index (χ3v) is 2.23. The van der Waals surface area contributed by atoms with Crippen molar-refractivity contribution >= 4 is 5.82 Å². The van der Waals surface area contributed by atoms with Gasteiger partial charge in [0.1, 0.15) is 0 Å². The van der Waals surface area contributed by atoms with E-state index in [2.05, 4.69) is 15.2 Å². The molecule has 16 heavy (non-hydrogen) atoms. The van der Waals surface area contributed by atoms with Gasteiger partial charge in [0.05, 0.1) is 0 Å². The molecule has 0 aliphatic rings. The molecule has 5 heteroatoms. The quantitative estimate of drug-likeness (QED) is 0.770. The van der Waals surface area contributed by atoms with Crippen LogP contribution in [0.1, 0.15) is 13.3 Å². The van der Waals surface area contributed by atoms with Gasteiger partial charge in [-0.05, 0) is 20.5 Å². The molecule has 0 aromatic carbocycles. The first-order valence-corrected chi connectivity index (χ1v) is 5.59. The van der Waals surface area contributed by atoms with Crippen molar-refractivity contribution in [2.75, 3.05) is 32.5 Å². The highest BCUT2D eigenvalue weighted by atomic mass is 16.1. The zero-order chi connectivity index (χ0) is 12.0. The van der Waals surface area contributed by atoms with Gasteiger partial charge in [0.2, 0.25) is 0 Å². The van der Waals surface area contributed by atoms with Crippen LogP contribution in [0.4, 0.5) is 5.82 Å². The van der Waals surface area contributed by atoms with Gasteiger partial charge in [-0.25, -0.2) is 4.98 Å². The Kier molecular flexibility index (Phi) is 4.98. The monoisotopic (exact) mass is 224 g/mol. The molecule has 1 rings (SSSR count). The van der Waals surface area contributed by atoms with Crippen molar-refractivity contribution in [1.82, 2.24) is 14.5 Å². The second kappa shape index (κ2) is 6.27. The van der Waals surface area contributed by atoms with Crippen LogP contribution < -0.4 is 10.9 Å². The molecule has 0 unspecified atom stereocenters. The summed E-state index contributed by atoms with van der Waals surface area (Å²) in [4.78, 5) is 18.0. The molecule has 0 saturated carbocycles. The highest BCUT2D eigenvalue weighted by Gasteiger charge is 2.03. The van der Waals surface area contributed by atoms with Gasteiger partial charge in [-0.15, -0.1) is 0 Å². The van der Waals surface area contributed by atoms with Crippen LogP contribution in [0.15, 0.2) is 17.2 Å². The van der Waals surface area contributed by atoms with Crippen molar-refractivity contribution in [1.29, 1.82) is 0 Å². The van der Waals surface area contributed by atoms with Crippen LogP contribution in [0.3, 0.4) is 0 Å². The van der Waals surface area contributed by atoms with Gasteiger partial charge in [-0.3, -0.25) is 4.79 Å². The molecular formula is C11H20N4O. The minimum atomic E-state index is -0.0388. The van der Waals surface area contributed by atoms with Gasteiger partial charge in [0.15, 0.2) is 5.82 Å². The van der Waals surface area contributed by atoms with E-state index in [4.69, 9.17) is 0 Å². The second-order valence-electron chi connectivity index (χ2n) is 4.00. The van der Waals surface area contributed by atoms with Crippen molar-refractivity contribution in [2.24, 2.45) is 0 Å². The third-order valence-electron chi connectivity index (χ3n) is 2.23. The summed E-state index contributed by atoms with van der Waals surface area (Å²) >= 11 is 0. The van der Waals surface area contributed by atoms with E-state index < -0.39 is 0 Å². The summed E-state index contributed by atoms with van der Waals surface area (Å²) in [5.74, 6) is 0.442. The molecular weight excluding hydrogens is 204 g/mol. The number of aryl methyl sites for hydroxylation is 1. The smallest absolute Gasteiger partial charge is 0.293 e.